The van der Waals surface area contributed by atoms with Crippen molar-refractivity contribution < 1.29 is 0 Å². The molecule has 1 fully saturated rings. The van der Waals surface area contributed by atoms with Crippen LogP contribution in [0, 0.1) is 18.3 Å². The third kappa shape index (κ3) is 2.96. The summed E-state index contributed by atoms with van der Waals surface area (Å²) < 4.78 is 1.84. The Morgan fingerprint density at radius 3 is 2.80 bits per heavy atom. The van der Waals surface area contributed by atoms with Gasteiger partial charge in [0.05, 0.1) is 5.69 Å². The van der Waals surface area contributed by atoms with Crippen LogP contribution in [0.25, 0.3) is 0 Å². The second kappa shape index (κ2) is 6.27. The highest BCUT2D eigenvalue weighted by molar-refractivity contribution is 5.57. The predicted molar refractivity (Wildman–Crippen MR) is 80.8 cm³/mol. The number of hydrogen-bond acceptors (Lipinski definition) is 4. The maximum absolute atomic E-state index is 9.40. The van der Waals surface area contributed by atoms with E-state index in [0.717, 1.165) is 24.6 Å². The second-order valence-corrected chi connectivity index (χ2v) is 5.91. The molecular weight excluding hydrogens is 250 g/mol. The molecule has 1 saturated heterocycles. The molecule has 5 nitrogen and oxygen atoms in total. The standard InChI is InChI=1S/C15H25N5/c1-11(2)20(10-13-7-5-6-8-17-13)15-14(9-16)12(3)18-19(15)4/h11,13,17H,5-8,10H2,1-4H3. The third-order valence-electron chi connectivity index (χ3n) is 4.03. The maximum atomic E-state index is 9.40. The van der Waals surface area contributed by atoms with Crippen molar-refractivity contribution >= 4 is 5.82 Å². The second-order valence-electron chi connectivity index (χ2n) is 5.91. The lowest BCUT2D eigenvalue weighted by Crippen LogP contribution is -2.46. The van der Waals surface area contributed by atoms with E-state index in [4.69, 9.17) is 0 Å². The van der Waals surface area contributed by atoms with E-state index >= 15 is 0 Å². The van der Waals surface area contributed by atoms with Gasteiger partial charge in [-0.15, -0.1) is 0 Å². The lowest BCUT2D eigenvalue weighted by molar-refractivity contribution is 0.391. The summed E-state index contributed by atoms with van der Waals surface area (Å²) >= 11 is 0. The molecular formula is C15H25N5. The Morgan fingerprint density at radius 2 is 2.25 bits per heavy atom. The van der Waals surface area contributed by atoms with Crippen LogP contribution in [-0.2, 0) is 7.05 Å². The molecule has 5 heteroatoms. The summed E-state index contributed by atoms with van der Waals surface area (Å²) in [6.45, 7) is 8.29. The summed E-state index contributed by atoms with van der Waals surface area (Å²) in [5.41, 5.74) is 1.52. The first-order chi connectivity index (χ1) is 9.54. The SMILES string of the molecule is Cc1nn(C)c(N(CC2CCCCN2)C(C)C)c1C#N. The number of anilines is 1. The number of nitriles is 1. The highest BCUT2D eigenvalue weighted by Crippen LogP contribution is 2.25. The molecule has 1 atom stereocenters. The maximum Gasteiger partial charge on any atom is 0.145 e. The van der Waals surface area contributed by atoms with Crippen molar-refractivity contribution in [3.63, 3.8) is 0 Å². The van der Waals surface area contributed by atoms with Gasteiger partial charge in [-0.2, -0.15) is 10.4 Å². The van der Waals surface area contributed by atoms with Gasteiger partial charge in [0, 0.05) is 25.7 Å². The molecule has 0 aliphatic carbocycles. The van der Waals surface area contributed by atoms with Crippen molar-refractivity contribution in [1.82, 2.24) is 15.1 Å². The van der Waals surface area contributed by atoms with E-state index in [1.165, 1.54) is 19.3 Å². The van der Waals surface area contributed by atoms with Gasteiger partial charge in [0.2, 0.25) is 0 Å². The van der Waals surface area contributed by atoms with E-state index in [-0.39, 0.29) is 0 Å². The van der Waals surface area contributed by atoms with Gasteiger partial charge in [0.1, 0.15) is 17.5 Å². The van der Waals surface area contributed by atoms with Crippen LogP contribution in [-0.4, -0.2) is 35.0 Å². The lowest BCUT2D eigenvalue weighted by Gasteiger charge is -2.34. The summed E-state index contributed by atoms with van der Waals surface area (Å²) in [7, 11) is 1.92. The molecule has 1 unspecified atom stereocenters. The molecule has 20 heavy (non-hydrogen) atoms. The largest absolute Gasteiger partial charge is 0.352 e. The Labute approximate surface area is 121 Å². The molecule has 1 aromatic rings. The number of aromatic nitrogens is 2. The molecule has 1 aromatic heterocycles. The van der Waals surface area contributed by atoms with Gasteiger partial charge in [0.15, 0.2) is 0 Å². The minimum Gasteiger partial charge on any atom is -0.352 e. The monoisotopic (exact) mass is 275 g/mol. The topological polar surface area (TPSA) is 56.9 Å². The normalized spacial score (nSPS) is 19.1. The summed E-state index contributed by atoms with van der Waals surface area (Å²) in [5.74, 6) is 0.951. The fraction of sp³-hybridized carbons (Fsp3) is 0.733. The molecule has 1 N–H and O–H groups in total. The van der Waals surface area contributed by atoms with Crippen molar-refractivity contribution in [2.45, 2.75) is 52.1 Å². The summed E-state index contributed by atoms with van der Waals surface area (Å²) in [5, 5.41) is 17.4. The van der Waals surface area contributed by atoms with Crippen LogP contribution in [0.1, 0.15) is 44.4 Å². The molecule has 2 heterocycles. The highest BCUT2D eigenvalue weighted by atomic mass is 15.4. The van der Waals surface area contributed by atoms with Crippen molar-refractivity contribution in [3.8, 4) is 6.07 Å². The molecule has 1 aliphatic heterocycles. The molecule has 0 saturated carbocycles. The Hall–Kier alpha value is -1.54. The fourth-order valence-electron chi connectivity index (χ4n) is 2.97. The number of piperidine rings is 1. The number of aryl methyl sites for hydroxylation is 2. The van der Waals surface area contributed by atoms with E-state index in [1.54, 1.807) is 0 Å². The van der Waals surface area contributed by atoms with Crippen molar-refractivity contribution in [2.75, 3.05) is 18.0 Å². The molecule has 110 valence electrons. The van der Waals surface area contributed by atoms with Gasteiger partial charge >= 0.3 is 0 Å². The molecule has 0 bridgehead atoms. The molecule has 0 aromatic carbocycles. The van der Waals surface area contributed by atoms with Gasteiger partial charge in [-0.25, -0.2) is 0 Å². The number of hydrogen-bond donors (Lipinski definition) is 1. The molecule has 2 rings (SSSR count). The van der Waals surface area contributed by atoms with Gasteiger partial charge < -0.3 is 10.2 Å². The van der Waals surface area contributed by atoms with Crippen LogP contribution < -0.4 is 10.2 Å². The van der Waals surface area contributed by atoms with Crippen LogP contribution in [0.5, 0.6) is 0 Å². The lowest BCUT2D eigenvalue weighted by atomic mass is 10.0. The quantitative estimate of drug-likeness (QED) is 0.912. The Balaban J connectivity index is 2.27. The van der Waals surface area contributed by atoms with Crippen molar-refractivity contribution in [2.24, 2.45) is 7.05 Å². The molecule has 0 radical (unpaired) electrons. The minimum atomic E-state index is 0.348. The highest BCUT2D eigenvalue weighted by Gasteiger charge is 2.25. The zero-order valence-electron chi connectivity index (χ0n) is 13.0. The van der Waals surface area contributed by atoms with Crippen LogP contribution in [0.2, 0.25) is 0 Å². The van der Waals surface area contributed by atoms with E-state index < -0.39 is 0 Å². The smallest absolute Gasteiger partial charge is 0.145 e. The van der Waals surface area contributed by atoms with Crippen LogP contribution in [0.3, 0.4) is 0 Å². The summed E-state index contributed by atoms with van der Waals surface area (Å²) in [4.78, 5) is 2.31. The minimum absolute atomic E-state index is 0.348. The molecule has 1 aliphatic rings. The van der Waals surface area contributed by atoms with E-state index in [9.17, 15) is 5.26 Å². The van der Waals surface area contributed by atoms with Gasteiger partial charge in [-0.05, 0) is 40.2 Å². The first kappa shape index (κ1) is 14.9. The molecule has 0 spiro atoms. The van der Waals surface area contributed by atoms with Gasteiger partial charge in [0.25, 0.3) is 0 Å². The van der Waals surface area contributed by atoms with Crippen molar-refractivity contribution in [1.29, 1.82) is 5.26 Å². The Morgan fingerprint density at radius 1 is 1.50 bits per heavy atom. The van der Waals surface area contributed by atoms with Crippen LogP contribution >= 0.6 is 0 Å². The van der Waals surface area contributed by atoms with E-state index in [1.807, 2.05) is 18.7 Å². The summed E-state index contributed by atoms with van der Waals surface area (Å²) in [6.07, 6.45) is 3.77. The first-order valence-corrected chi connectivity index (χ1v) is 7.48. The molecule has 0 amide bonds. The third-order valence-corrected chi connectivity index (χ3v) is 4.03. The predicted octanol–water partition coefficient (Wildman–Crippen LogP) is 1.96. The zero-order valence-corrected chi connectivity index (χ0v) is 13.0. The average molecular weight is 275 g/mol. The Bertz CT molecular complexity index is 491. The zero-order chi connectivity index (χ0) is 14.7. The first-order valence-electron chi connectivity index (χ1n) is 7.48. The fourth-order valence-corrected chi connectivity index (χ4v) is 2.97. The number of rotatable bonds is 4. The van der Waals surface area contributed by atoms with Crippen LogP contribution in [0.4, 0.5) is 5.82 Å². The van der Waals surface area contributed by atoms with Crippen LogP contribution in [0.15, 0.2) is 0 Å². The van der Waals surface area contributed by atoms with Gasteiger partial charge in [-0.1, -0.05) is 6.42 Å². The van der Waals surface area contributed by atoms with Crippen molar-refractivity contribution in [3.05, 3.63) is 11.3 Å². The van der Waals surface area contributed by atoms with E-state index in [2.05, 4.69) is 35.2 Å². The summed E-state index contributed by atoms with van der Waals surface area (Å²) in [6, 6.07) is 3.17. The number of nitrogens with one attached hydrogen (secondary N) is 1. The van der Waals surface area contributed by atoms with E-state index in [0.29, 0.717) is 17.6 Å². The number of nitrogens with zero attached hydrogens (tertiary/aromatic N) is 4. The Kier molecular flexibility index (Phi) is 4.66. The average Bonchev–Trinajstić information content (AvgIpc) is 2.70. The van der Waals surface area contributed by atoms with Gasteiger partial charge in [-0.3, -0.25) is 4.68 Å².